The Morgan fingerprint density at radius 1 is 1.03 bits per heavy atom. The second-order valence-electron chi connectivity index (χ2n) is 9.37. The third-order valence-electron chi connectivity index (χ3n) is 7.08. The third-order valence-corrected chi connectivity index (χ3v) is 7.95. The Kier molecular flexibility index (Phi) is 6.28. The molecule has 4 heterocycles. The number of hydrogen-bond acceptors (Lipinski definition) is 7. The zero-order valence-electron chi connectivity index (χ0n) is 20.0. The maximum atomic E-state index is 13.5. The van der Waals surface area contributed by atoms with Gasteiger partial charge >= 0.3 is 0 Å². The second kappa shape index (κ2) is 9.86. The van der Waals surface area contributed by atoms with Crippen molar-refractivity contribution >= 4 is 21.6 Å². The lowest BCUT2D eigenvalue weighted by Gasteiger charge is -2.34. The van der Waals surface area contributed by atoms with E-state index < -0.39 is 0 Å². The lowest BCUT2D eigenvalue weighted by Crippen LogP contribution is -2.46. The molecule has 2 aliphatic rings. The fourth-order valence-corrected chi connectivity index (χ4v) is 6.11. The van der Waals surface area contributed by atoms with Crippen molar-refractivity contribution in [3.05, 3.63) is 81.2 Å². The molecule has 2 aliphatic heterocycles. The molecule has 0 bridgehead atoms. The van der Waals surface area contributed by atoms with Crippen LogP contribution in [0, 0.1) is 11.3 Å². The molecule has 8 heteroatoms. The van der Waals surface area contributed by atoms with E-state index in [4.69, 9.17) is 9.72 Å². The molecule has 2 aromatic carbocycles. The Bertz CT molecular complexity index is 1500. The van der Waals surface area contributed by atoms with Gasteiger partial charge < -0.3 is 4.74 Å². The predicted molar refractivity (Wildman–Crippen MR) is 141 cm³/mol. The maximum Gasteiger partial charge on any atom is 0.263 e. The van der Waals surface area contributed by atoms with Crippen molar-refractivity contribution < 1.29 is 4.74 Å². The van der Waals surface area contributed by atoms with Gasteiger partial charge in [0.05, 0.1) is 24.6 Å². The smallest absolute Gasteiger partial charge is 0.263 e. The largest absolute Gasteiger partial charge is 0.493 e. The number of thiophene rings is 1. The van der Waals surface area contributed by atoms with E-state index in [1.165, 1.54) is 22.5 Å². The fourth-order valence-electron chi connectivity index (χ4n) is 5.15. The van der Waals surface area contributed by atoms with Gasteiger partial charge in [0, 0.05) is 50.1 Å². The number of benzene rings is 2. The van der Waals surface area contributed by atoms with Gasteiger partial charge in [-0.1, -0.05) is 42.5 Å². The van der Waals surface area contributed by atoms with E-state index in [1.807, 2.05) is 35.7 Å². The summed E-state index contributed by atoms with van der Waals surface area (Å²) in [5.41, 5.74) is 4.39. The van der Waals surface area contributed by atoms with Gasteiger partial charge in [0.2, 0.25) is 0 Å². The first-order valence-corrected chi connectivity index (χ1v) is 13.2. The van der Waals surface area contributed by atoms with Gasteiger partial charge in [0.15, 0.2) is 0 Å². The van der Waals surface area contributed by atoms with E-state index in [2.05, 4.69) is 34.1 Å². The average Bonchev–Trinajstić information content (AvgIpc) is 3.55. The lowest BCUT2D eigenvalue weighted by molar-refractivity contribution is 0.118. The summed E-state index contributed by atoms with van der Waals surface area (Å²) in [7, 11) is 0. The molecule has 36 heavy (non-hydrogen) atoms. The first kappa shape index (κ1) is 22.9. The average molecular weight is 498 g/mol. The molecule has 1 saturated heterocycles. The highest BCUT2D eigenvalue weighted by Crippen LogP contribution is 2.31. The van der Waals surface area contributed by atoms with Gasteiger partial charge in [-0.2, -0.15) is 5.26 Å². The fraction of sp³-hybridized carbons (Fsp3) is 0.321. The van der Waals surface area contributed by atoms with Crippen LogP contribution in [0.4, 0.5) is 0 Å². The first-order valence-electron chi connectivity index (χ1n) is 12.3. The van der Waals surface area contributed by atoms with Crippen molar-refractivity contribution in [1.82, 2.24) is 19.4 Å². The molecule has 4 aromatic rings. The van der Waals surface area contributed by atoms with Crippen LogP contribution in [0.5, 0.6) is 5.75 Å². The Morgan fingerprint density at radius 3 is 2.58 bits per heavy atom. The van der Waals surface area contributed by atoms with Gasteiger partial charge in [-0.3, -0.25) is 19.2 Å². The summed E-state index contributed by atoms with van der Waals surface area (Å²) in [5.74, 6) is 1.70. The van der Waals surface area contributed by atoms with Crippen LogP contribution in [0.25, 0.3) is 21.3 Å². The molecular weight excluding hydrogens is 470 g/mol. The molecular formula is C28H27N5O2S. The van der Waals surface area contributed by atoms with Crippen LogP contribution in [0.15, 0.2) is 58.7 Å². The molecule has 0 aliphatic carbocycles. The highest BCUT2D eigenvalue weighted by atomic mass is 32.1. The predicted octanol–water partition coefficient (Wildman–Crippen LogP) is 3.90. The standard InChI is InChI=1S/C28H27N5O2S/c29-9-10-33-25(30-27-26(28(33)34)23(19-36-27)21-4-2-1-3-5-21)18-32-13-11-31(12-14-32)17-20-6-7-24-22(16-20)8-15-35-24/h1-7,16,19H,8,10-15,17-18H2. The Hall–Kier alpha value is -3.51. The minimum atomic E-state index is -0.129. The zero-order chi connectivity index (χ0) is 24.5. The second-order valence-corrected chi connectivity index (χ2v) is 10.2. The van der Waals surface area contributed by atoms with Crippen LogP contribution < -0.4 is 10.3 Å². The van der Waals surface area contributed by atoms with Crippen LogP contribution in [0.3, 0.4) is 0 Å². The van der Waals surface area contributed by atoms with Gasteiger partial charge in [-0.05, 0) is 22.8 Å². The van der Waals surface area contributed by atoms with Crippen molar-refractivity contribution in [3.8, 4) is 22.9 Å². The Morgan fingerprint density at radius 2 is 1.81 bits per heavy atom. The number of rotatable bonds is 6. The topological polar surface area (TPSA) is 74.4 Å². The molecule has 6 rings (SSSR count). The molecule has 0 amide bonds. The van der Waals surface area contributed by atoms with Gasteiger partial charge in [-0.15, -0.1) is 11.3 Å². The number of hydrogen-bond donors (Lipinski definition) is 0. The SMILES string of the molecule is N#CCn1c(CN2CCN(Cc3ccc4c(c3)CCO4)CC2)nc2scc(-c3ccccc3)c2c1=O. The van der Waals surface area contributed by atoms with E-state index in [9.17, 15) is 10.1 Å². The summed E-state index contributed by atoms with van der Waals surface area (Å²) >= 11 is 1.49. The zero-order valence-corrected chi connectivity index (χ0v) is 20.8. The third kappa shape index (κ3) is 4.42. The number of piperazine rings is 1. The summed E-state index contributed by atoms with van der Waals surface area (Å²) < 4.78 is 7.19. The van der Waals surface area contributed by atoms with Crippen molar-refractivity contribution in [2.45, 2.75) is 26.1 Å². The molecule has 0 atom stereocenters. The Labute approximate surface area is 213 Å². The summed E-state index contributed by atoms with van der Waals surface area (Å²) in [5, 5.41) is 12.1. The summed E-state index contributed by atoms with van der Waals surface area (Å²) in [6, 6.07) is 18.6. The van der Waals surface area contributed by atoms with Crippen LogP contribution in [0.1, 0.15) is 17.0 Å². The molecule has 0 unspecified atom stereocenters. The number of aromatic nitrogens is 2. The summed E-state index contributed by atoms with van der Waals surface area (Å²) in [6.07, 6.45) is 0.996. The van der Waals surface area contributed by atoms with Gasteiger partial charge in [0.25, 0.3) is 5.56 Å². The van der Waals surface area contributed by atoms with Gasteiger partial charge in [0.1, 0.15) is 22.9 Å². The minimum absolute atomic E-state index is 0.00317. The molecule has 0 N–H and O–H groups in total. The minimum Gasteiger partial charge on any atom is -0.493 e. The molecule has 0 saturated carbocycles. The van der Waals surface area contributed by atoms with E-state index in [0.29, 0.717) is 17.8 Å². The quantitative estimate of drug-likeness (QED) is 0.402. The van der Waals surface area contributed by atoms with Crippen LogP contribution in [-0.2, 0) is 26.1 Å². The van der Waals surface area contributed by atoms with Gasteiger partial charge in [-0.25, -0.2) is 4.98 Å². The number of nitriles is 1. The maximum absolute atomic E-state index is 13.5. The summed E-state index contributed by atoms with van der Waals surface area (Å²) in [6.45, 7) is 5.99. The number of nitrogens with zero attached hydrogens (tertiary/aromatic N) is 5. The molecule has 0 radical (unpaired) electrons. The Balaban J connectivity index is 1.18. The van der Waals surface area contributed by atoms with Crippen molar-refractivity contribution in [3.63, 3.8) is 0 Å². The van der Waals surface area contributed by atoms with Crippen LogP contribution in [-0.4, -0.2) is 52.1 Å². The molecule has 2 aromatic heterocycles. The van der Waals surface area contributed by atoms with Crippen molar-refractivity contribution in [1.29, 1.82) is 5.26 Å². The first-order chi connectivity index (χ1) is 17.7. The van der Waals surface area contributed by atoms with Crippen molar-refractivity contribution in [2.24, 2.45) is 0 Å². The molecule has 7 nitrogen and oxygen atoms in total. The molecule has 0 spiro atoms. The normalized spacial score (nSPS) is 16.1. The molecule has 182 valence electrons. The number of fused-ring (bicyclic) bond motifs is 2. The summed E-state index contributed by atoms with van der Waals surface area (Å²) in [4.78, 5) is 23.9. The number of ether oxygens (including phenoxy) is 1. The van der Waals surface area contributed by atoms with E-state index in [-0.39, 0.29) is 12.1 Å². The van der Waals surface area contributed by atoms with Crippen molar-refractivity contribution in [2.75, 3.05) is 32.8 Å². The van der Waals surface area contributed by atoms with E-state index in [1.54, 1.807) is 4.57 Å². The van der Waals surface area contributed by atoms with E-state index in [0.717, 1.165) is 67.5 Å². The highest BCUT2D eigenvalue weighted by Gasteiger charge is 2.22. The monoisotopic (exact) mass is 497 g/mol. The van der Waals surface area contributed by atoms with Crippen LogP contribution in [0.2, 0.25) is 0 Å². The highest BCUT2D eigenvalue weighted by molar-refractivity contribution is 7.17. The molecule has 1 fully saturated rings. The van der Waals surface area contributed by atoms with Crippen LogP contribution >= 0.6 is 11.3 Å². The lowest BCUT2D eigenvalue weighted by atomic mass is 10.1. The van der Waals surface area contributed by atoms with E-state index >= 15 is 0 Å².